The Labute approximate surface area is 104 Å². The zero-order valence-electron chi connectivity index (χ0n) is 9.54. The summed E-state index contributed by atoms with van der Waals surface area (Å²) in [7, 11) is 3.67. The van der Waals surface area contributed by atoms with Crippen LogP contribution in [0.2, 0.25) is 0 Å². The van der Waals surface area contributed by atoms with E-state index < -0.39 is 0 Å². The smallest absolute Gasteiger partial charge is 0.165 e. The first-order valence-corrected chi connectivity index (χ1v) is 6.02. The number of methoxy groups -OCH3 is 1. The average molecular weight is 245 g/mol. The summed E-state index contributed by atoms with van der Waals surface area (Å²) in [6, 6.07) is 6.02. The highest BCUT2D eigenvalue weighted by atomic mass is 32.2. The lowest BCUT2D eigenvalue weighted by Gasteiger charge is -2.27. The summed E-state index contributed by atoms with van der Waals surface area (Å²) in [6.45, 7) is 0. The second-order valence-electron chi connectivity index (χ2n) is 3.68. The Bertz CT molecular complexity index is 573. The van der Waals surface area contributed by atoms with E-state index in [-0.39, 0.29) is 0 Å². The van der Waals surface area contributed by atoms with Crippen LogP contribution >= 0.6 is 11.8 Å². The van der Waals surface area contributed by atoms with Crippen LogP contribution < -0.4 is 9.64 Å². The minimum absolute atomic E-state index is 0.858. The summed E-state index contributed by atoms with van der Waals surface area (Å²) in [5, 5.41) is 0.927. The summed E-state index contributed by atoms with van der Waals surface area (Å²) in [5.41, 5.74) is 1.13. The predicted molar refractivity (Wildman–Crippen MR) is 67.2 cm³/mol. The number of rotatable bonds is 1. The van der Waals surface area contributed by atoms with Gasteiger partial charge in [0.2, 0.25) is 0 Å². The largest absolute Gasteiger partial charge is 0.497 e. The Morgan fingerprint density at radius 1 is 1.24 bits per heavy atom. The van der Waals surface area contributed by atoms with Crippen molar-refractivity contribution in [3.05, 3.63) is 30.6 Å². The fourth-order valence-corrected chi connectivity index (χ4v) is 2.91. The minimum atomic E-state index is 0.858. The molecule has 2 aromatic rings. The van der Waals surface area contributed by atoms with Crippen molar-refractivity contribution in [2.45, 2.75) is 9.92 Å². The van der Waals surface area contributed by atoms with E-state index in [1.807, 2.05) is 30.1 Å². The maximum atomic E-state index is 5.24. The van der Waals surface area contributed by atoms with Gasteiger partial charge in [-0.15, -0.1) is 0 Å². The molecular weight excluding hydrogens is 234 g/mol. The van der Waals surface area contributed by atoms with Crippen LogP contribution in [0.25, 0.3) is 0 Å². The molecule has 1 aliphatic heterocycles. The number of ether oxygens (including phenoxy) is 1. The van der Waals surface area contributed by atoms with Gasteiger partial charge in [0.25, 0.3) is 0 Å². The van der Waals surface area contributed by atoms with E-state index in [2.05, 4.69) is 9.97 Å². The molecule has 1 aromatic carbocycles. The highest BCUT2D eigenvalue weighted by Gasteiger charge is 2.22. The van der Waals surface area contributed by atoms with Crippen LogP contribution in [0.15, 0.2) is 40.5 Å². The molecule has 0 spiro atoms. The van der Waals surface area contributed by atoms with E-state index in [0.717, 1.165) is 27.2 Å². The van der Waals surface area contributed by atoms with Crippen LogP contribution in [0.4, 0.5) is 11.5 Å². The maximum absolute atomic E-state index is 5.24. The number of hydrogen-bond donors (Lipinski definition) is 0. The Morgan fingerprint density at radius 3 is 2.88 bits per heavy atom. The van der Waals surface area contributed by atoms with Crippen LogP contribution in [-0.2, 0) is 0 Å². The Kier molecular flexibility index (Phi) is 2.40. The highest BCUT2D eigenvalue weighted by Crippen LogP contribution is 2.46. The fourth-order valence-electron chi connectivity index (χ4n) is 1.82. The van der Waals surface area contributed by atoms with E-state index in [4.69, 9.17) is 4.74 Å². The fraction of sp³-hybridized carbons (Fsp3) is 0.167. The number of benzene rings is 1. The molecule has 0 unspecified atom stereocenters. The van der Waals surface area contributed by atoms with Crippen LogP contribution in [-0.4, -0.2) is 24.1 Å². The molecule has 1 aromatic heterocycles. The molecule has 0 N–H and O–H groups in total. The topological polar surface area (TPSA) is 38.3 Å². The zero-order chi connectivity index (χ0) is 11.8. The zero-order valence-corrected chi connectivity index (χ0v) is 10.4. The minimum Gasteiger partial charge on any atom is -0.497 e. The molecule has 17 heavy (non-hydrogen) atoms. The molecule has 1 aliphatic rings. The van der Waals surface area contributed by atoms with Gasteiger partial charge in [0.1, 0.15) is 10.8 Å². The lowest BCUT2D eigenvalue weighted by molar-refractivity contribution is 0.413. The molecule has 0 amide bonds. The first-order valence-electron chi connectivity index (χ1n) is 5.20. The molecule has 0 radical (unpaired) electrons. The van der Waals surface area contributed by atoms with E-state index >= 15 is 0 Å². The quantitative estimate of drug-likeness (QED) is 0.772. The first kappa shape index (κ1) is 10.4. The van der Waals surface area contributed by atoms with E-state index in [0.29, 0.717) is 0 Å². The molecule has 0 atom stereocenters. The summed E-state index contributed by atoms with van der Waals surface area (Å²) in [5.74, 6) is 1.76. The van der Waals surface area contributed by atoms with Gasteiger partial charge >= 0.3 is 0 Å². The molecular formula is C12H11N3OS. The van der Waals surface area contributed by atoms with Gasteiger partial charge in [0.15, 0.2) is 5.82 Å². The van der Waals surface area contributed by atoms with Crippen LogP contribution in [0.5, 0.6) is 5.75 Å². The molecule has 5 heteroatoms. The van der Waals surface area contributed by atoms with Gasteiger partial charge < -0.3 is 9.64 Å². The molecule has 4 nitrogen and oxygen atoms in total. The summed E-state index contributed by atoms with van der Waals surface area (Å²) < 4.78 is 5.24. The third-order valence-corrected chi connectivity index (χ3v) is 3.73. The normalized spacial score (nSPS) is 12.9. The van der Waals surface area contributed by atoms with Gasteiger partial charge in [0, 0.05) is 24.3 Å². The van der Waals surface area contributed by atoms with Crippen molar-refractivity contribution < 1.29 is 4.74 Å². The summed E-state index contributed by atoms with van der Waals surface area (Å²) >= 11 is 1.62. The second-order valence-corrected chi connectivity index (χ2v) is 4.71. The highest BCUT2D eigenvalue weighted by molar-refractivity contribution is 7.99. The van der Waals surface area contributed by atoms with Crippen molar-refractivity contribution in [2.24, 2.45) is 0 Å². The van der Waals surface area contributed by atoms with Gasteiger partial charge in [-0.05, 0) is 18.2 Å². The van der Waals surface area contributed by atoms with Gasteiger partial charge in [0.05, 0.1) is 12.8 Å². The Hall–Kier alpha value is -1.75. The van der Waals surface area contributed by atoms with Crippen molar-refractivity contribution in [1.29, 1.82) is 0 Å². The third kappa shape index (κ3) is 1.63. The van der Waals surface area contributed by atoms with Gasteiger partial charge in [-0.1, -0.05) is 11.8 Å². The number of aromatic nitrogens is 2. The van der Waals surface area contributed by atoms with Gasteiger partial charge in [-0.3, -0.25) is 0 Å². The van der Waals surface area contributed by atoms with E-state index in [9.17, 15) is 0 Å². The first-order chi connectivity index (χ1) is 8.29. The molecule has 0 bridgehead atoms. The third-order valence-electron chi connectivity index (χ3n) is 2.70. The standard InChI is InChI=1S/C12H11N3OS/c1-15-9-4-3-8(16-2)7-10(9)17-12-11(15)13-5-6-14-12/h3-7H,1-2H3. The van der Waals surface area contributed by atoms with Crippen molar-refractivity contribution in [3.8, 4) is 5.75 Å². The molecule has 0 saturated heterocycles. The predicted octanol–water partition coefficient (Wildman–Crippen LogP) is 2.72. The molecule has 0 fully saturated rings. The lowest BCUT2D eigenvalue weighted by Crippen LogP contribution is -2.16. The lowest BCUT2D eigenvalue weighted by atomic mass is 10.2. The Morgan fingerprint density at radius 2 is 2.06 bits per heavy atom. The van der Waals surface area contributed by atoms with Gasteiger partial charge in [-0.2, -0.15) is 0 Å². The van der Waals surface area contributed by atoms with Crippen molar-refractivity contribution in [3.63, 3.8) is 0 Å². The Balaban J connectivity index is 2.12. The SMILES string of the molecule is COc1ccc2c(c1)Sc1nccnc1N2C. The molecule has 0 saturated carbocycles. The average Bonchev–Trinajstić information content (AvgIpc) is 2.38. The van der Waals surface area contributed by atoms with E-state index in [1.165, 1.54) is 0 Å². The summed E-state index contributed by atoms with van der Waals surface area (Å²) in [6.07, 6.45) is 3.43. The molecule has 0 aliphatic carbocycles. The molecule has 86 valence electrons. The number of nitrogens with zero attached hydrogens (tertiary/aromatic N) is 3. The molecule has 2 heterocycles. The van der Waals surface area contributed by atoms with Crippen molar-refractivity contribution in [2.75, 3.05) is 19.1 Å². The molecule has 3 rings (SSSR count). The van der Waals surface area contributed by atoms with Crippen molar-refractivity contribution >= 4 is 23.3 Å². The van der Waals surface area contributed by atoms with Crippen molar-refractivity contribution in [1.82, 2.24) is 9.97 Å². The van der Waals surface area contributed by atoms with Crippen LogP contribution in [0, 0.1) is 0 Å². The number of fused-ring (bicyclic) bond motifs is 2. The number of hydrogen-bond acceptors (Lipinski definition) is 5. The monoisotopic (exact) mass is 245 g/mol. The van der Waals surface area contributed by atoms with Gasteiger partial charge in [-0.25, -0.2) is 9.97 Å². The number of anilines is 2. The van der Waals surface area contributed by atoms with Crippen LogP contribution in [0.1, 0.15) is 0 Å². The summed E-state index contributed by atoms with van der Waals surface area (Å²) in [4.78, 5) is 11.9. The second kappa shape index (κ2) is 3.92. The van der Waals surface area contributed by atoms with Crippen LogP contribution in [0.3, 0.4) is 0 Å². The maximum Gasteiger partial charge on any atom is 0.165 e. The van der Waals surface area contributed by atoms with E-state index in [1.54, 1.807) is 31.3 Å².